The Labute approximate surface area is 70.0 Å². The van der Waals surface area contributed by atoms with Crippen LogP contribution in [0.15, 0.2) is 12.7 Å². The molecule has 1 heterocycles. The third-order valence-electron chi connectivity index (χ3n) is 2.14. The van der Waals surface area contributed by atoms with Gasteiger partial charge in [-0.1, -0.05) is 6.92 Å². The average Bonchev–Trinajstić information content (AvgIpc) is 2.54. The van der Waals surface area contributed by atoms with Gasteiger partial charge in [-0.05, 0) is 13.3 Å². The zero-order chi connectivity index (χ0) is 9.19. The average molecular weight is 169 g/mol. The maximum atomic E-state index is 10.9. The molecule has 0 bridgehead atoms. The van der Waals surface area contributed by atoms with Crippen molar-refractivity contribution in [2.45, 2.75) is 25.8 Å². The monoisotopic (exact) mass is 169 g/mol. The molecule has 0 saturated heterocycles. The van der Waals surface area contributed by atoms with E-state index in [9.17, 15) is 4.79 Å². The molecule has 5 heteroatoms. The zero-order valence-electron chi connectivity index (χ0n) is 7.06. The SMILES string of the molecule is CCC(C)(C(=O)O)n1cnnc1. The summed E-state index contributed by atoms with van der Waals surface area (Å²) in [7, 11) is 0. The van der Waals surface area contributed by atoms with E-state index in [1.807, 2.05) is 6.92 Å². The molecule has 1 atom stereocenters. The van der Waals surface area contributed by atoms with Crippen LogP contribution in [0.5, 0.6) is 0 Å². The van der Waals surface area contributed by atoms with E-state index in [1.165, 1.54) is 17.2 Å². The fourth-order valence-electron chi connectivity index (χ4n) is 0.900. The van der Waals surface area contributed by atoms with Crippen LogP contribution in [0.25, 0.3) is 0 Å². The summed E-state index contributed by atoms with van der Waals surface area (Å²) in [6.07, 6.45) is 3.33. The smallest absolute Gasteiger partial charge is 0.329 e. The maximum absolute atomic E-state index is 10.9. The molecule has 0 aliphatic rings. The lowest BCUT2D eigenvalue weighted by atomic mass is 9.99. The van der Waals surface area contributed by atoms with E-state index in [2.05, 4.69) is 10.2 Å². The molecule has 1 aromatic heterocycles. The number of nitrogens with zero attached hydrogens (tertiary/aromatic N) is 3. The second-order valence-corrected chi connectivity index (χ2v) is 2.80. The molecule has 0 amide bonds. The topological polar surface area (TPSA) is 68.0 Å². The first-order chi connectivity index (χ1) is 5.61. The third kappa shape index (κ3) is 1.17. The van der Waals surface area contributed by atoms with E-state index < -0.39 is 11.5 Å². The fourth-order valence-corrected chi connectivity index (χ4v) is 0.900. The Kier molecular flexibility index (Phi) is 2.12. The van der Waals surface area contributed by atoms with Gasteiger partial charge in [0.2, 0.25) is 0 Å². The van der Waals surface area contributed by atoms with Crippen molar-refractivity contribution in [2.75, 3.05) is 0 Å². The minimum Gasteiger partial charge on any atom is -0.479 e. The van der Waals surface area contributed by atoms with Gasteiger partial charge in [0.15, 0.2) is 0 Å². The summed E-state index contributed by atoms with van der Waals surface area (Å²) in [5.41, 5.74) is -0.927. The Bertz CT molecular complexity index is 270. The predicted molar refractivity (Wildman–Crippen MR) is 41.6 cm³/mol. The lowest BCUT2D eigenvalue weighted by Crippen LogP contribution is -2.37. The van der Waals surface area contributed by atoms with Gasteiger partial charge in [0.05, 0.1) is 0 Å². The maximum Gasteiger partial charge on any atom is 0.329 e. The quantitative estimate of drug-likeness (QED) is 0.714. The van der Waals surface area contributed by atoms with Gasteiger partial charge in [0.25, 0.3) is 0 Å². The Hall–Kier alpha value is -1.39. The van der Waals surface area contributed by atoms with Crippen molar-refractivity contribution < 1.29 is 9.90 Å². The van der Waals surface area contributed by atoms with Gasteiger partial charge >= 0.3 is 5.97 Å². The highest BCUT2D eigenvalue weighted by atomic mass is 16.4. The van der Waals surface area contributed by atoms with Crippen molar-refractivity contribution in [3.8, 4) is 0 Å². The molecule has 1 rings (SSSR count). The van der Waals surface area contributed by atoms with E-state index in [0.29, 0.717) is 6.42 Å². The number of rotatable bonds is 3. The molecule has 0 saturated carbocycles. The molecule has 1 N–H and O–H groups in total. The Balaban J connectivity index is 3.04. The van der Waals surface area contributed by atoms with Crippen LogP contribution in [-0.2, 0) is 10.3 Å². The molecule has 5 nitrogen and oxygen atoms in total. The van der Waals surface area contributed by atoms with Gasteiger partial charge in [0, 0.05) is 0 Å². The van der Waals surface area contributed by atoms with Crippen molar-refractivity contribution in [3.63, 3.8) is 0 Å². The van der Waals surface area contributed by atoms with Crippen LogP contribution in [0.3, 0.4) is 0 Å². The number of carboxylic acid groups (broad SMARTS) is 1. The first-order valence-electron chi connectivity index (χ1n) is 3.69. The summed E-state index contributed by atoms with van der Waals surface area (Å²) in [5, 5.41) is 16.1. The summed E-state index contributed by atoms with van der Waals surface area (Å²) in [4.78, 5) is 10.9. The molecule has 0 aliphatic carbocycles. The van der Waals surface area contributed by atoms with Crippen molar-refractivity contribution in [1.82, 2.24) is 14.8 Å². The minimum absolute atomic E-state index is 0.500. The highest BCUT2D eigenvalue weighted by molar-refractivity contribution is 5.76. The van der Waals surface area contributed by atoms with Crippen molar-refractivity contribution in [3.05, 3.63) is 12.7 Å². The van der Waals surface area contributed by atoms with Crippen molar-refractivity contribution >= 4 is 5.97 Å². The predicted octanol–water partition coefficient (Wildman–Crippen LogP) is 0.488. The summed E-state index contributed by atoms with van der Waals surface area (Å²) in [5.74, 6) is -0.871. The van der Waals surface area contributed by atoms with Gasteiger partial charge in [-0.25, -0.2) is 4.79 Å². The largest absolute Gasteiger partial charge is 0.479 e. The molecular formula is C7H11N3O2. The fraction of sp³-hybridized carbons (Fsp3) is 0.571. The van der Waals surface area contributed by atoms with Crippen molar-refractivity contribution in [2.24, 2.45) is 0 Å². The highest BCUT2D eigenvalue weighted by Crippen LogP contribution is 2.19. The zero-order valence-corrected chi connectivity index (χ0v) is 7.06. The Morgan fingerprint density at radius 3 is 2.42 bits per heavy atom. The van der Waals surface area contributed by atoms with E-state index in [-0.39, 0.29) is 0 Å². The Morgan fingerprint density at radius 1 is 1.58 bits per heavy atom. The molecule has 0 aliphatic heterocycles. The van der Waals surface area contributed by atoms with Gasteiger partial charge in [0.1, 0.15) is 18.2 Å². The van der Waals surface area contributed by atoms with Crippen LogP contribution < -0.4 is 0 Å². The molecule has 66 valence electrons. The molecule has 12 heavy (non-hydrogen) atoms. The van der Waals surface area contributed by atoms with E-state index >= 15 is 0 Å². The van der Waals surface area contributed by atoms with Crippen LogP contribution in [0, 0.1) is 0 Å². The van der Waals surface area contributed by atoms with Gasteiger partial charge < -0.3 is 9.67 Å². The van der Waals surface area contributed by atoms with E-state index in [1.54, 1.807) is 6.92 Å². The van der Waals surface area contributed by atoms with Crippen LogP contribution in [0.4, 0.5) is 0 Å². The van der Waals surface area contributed by atoms with Gasteiger partial charge in [-0.3, -0.25) is 0 Å². The molecule has 0 aromatic carbocycles. The Morgan fingerprint density at radius 2 is 2.08 bits per heavy atom. The number of aromatic nitrogens is 3. The molecular weight excluding hydrogens is 158 g/mol. The number of carboxylic acids is 1. The summed E-state index contributed by atoms with van der Waals surface area (Å²) in [6.45, 7) is 3.45. The first-order valence-corrected chi connectivity index (χ1v) is 3.69. The second-order valence-electron chi connectivity index (χ2n) is 2.80. The third-order valence-corrected chi connectivity index (χ3v) is 2.14. The van der Waals surface area contributed by atoms with Crippen LogP contribution in [0.2, 0.25) is 0 Å². The molecule has 1 aromatic rings. The van der Waals surface area contributed by atoms with Crippen LogP contribution in [0.1, 0.15) is 20.3 Å². The lowest BCUT2D eigenvalue weighted by Gasteiger charge is -2.23. The lowest BCUT2D eigenvalue weighted by molar-refractivity contribution is -0.146. The van der Waals surface area contributed by atoms with Gasteiger partial charge in [-0.2, -0.15) is 0 Å². The van der Waals surface area contributed by atoms with Crippen LogP contribution in [-0.4, -0.2) is 25.8 Å². The number of carbonyl (C=O) groups is 1. The molecule has 0 fully saturated rings. The summed E-state index contributed by atoms with van der Waals surface area (Å²) < 4.78 is 1.50. The first kappa shape index (κ1) is 8.70. The molecule has 0 spiro atoms. The number of hydrogen-bond donors (Lipinski definition) is 1. The van der Waals surface area contributed by atoms with Crippen molar-refractivity contribution in [1.29, 1.82) is 0 Å². The highest BCUT2D eigenvalue weighted by Gasteiger charge is 2.32. The number of aliphatic carboxylic acids is 1. The van der Waals surface area contributed by atoms with Crippen LogP contribution >= 0.6 is 0 Å². The summed E-state index contributed by atoms with van der Waals surface area (Å²) in [6, 6.07) is 0. The van der Waals surface area contributed by atoms with E-state index in [4.69, 9.17) is 5.11 Å². The molecule has 1 unspecified atom stereocenters. The van der Waals surface area contributed by atoms with Gasteiger partial charge in [-0.15, -0.1) is 10.2 Å². The molecule has 0 radical (unpaired) electrons. The number of hydrogen-bond acceptors (Lipinski definition) is 3. The second kappa shape index (κ2) is 2.92. The minimum atomic E-state index is -0.927. The normalized spacial score (nSPS) is 15.5. The van der Waals surface area contributed by atoms with E-state index in [0.717, 1.165) is 0 Å². The standard InChI is InChI=1S/C7H11N3O2/c1-3-7(2,6(11)12)10-4-8-9-5-10/h4-5H,3H2,1-2H3,(H,11,12). The summed E-state index contributed by atoms with van der Waals surface area (Å²) >= 11 is 0.